The molecule has 82 valence electrons. The average Bonchev–Trinajstić information content (AvgIpc) is 2.42. The van der Waals surface area contributed by atoms with Gasteiger partial charge in [-0.05, 0) is 12.1 Å². The van der Waals surface area contributed by atoms with Gasteiger partial charge in [0, 0.05) is 18.5 Å². The maximum absolute atomic E-state index is 13.5. The molecule has 2 rings (SSSR count). The second-order valence-electron chi connectivity index (χ2n) is 4.84. The first-order valence-electron chi connectivity index (χ1n) is 5.18. The Kier molecular flexibility index (Phi) is 2.43. The number of hydrogen-bond donors (Lipinski definition) is 1. The van der Waals surface area contributed by atoms with E-state index in [1.807, 2.05) is 24.8 Å². The molecule has 1 saturated heterocycles. The average molecular weight is 209 g/mol. The summed E-state index contributed by atoms with van der Waals surface area (Å²) in [5.41, 5.74) is 0.421. The Labute approximate surface area is 89.3 Å². The summed E-state index contributed by atoms with van der Waals surface area (Å²) in [5.74, 6) is -0.220. The Morgan fingerprint density at radius 2 is 2.07 bits per heavy atom. The molecule has 1 atom stereocenters. The van der Waals surface area contributed by atoms with Gasteiger partial charge in [-0.3, -0.25) is 0 Å². The topological polar surface area (TPSA) is 23.5 Å². The lowest BCUT2D eigenvalue weighted by atomic mass is 9.90. The van der Waals surface area contributed by atoms with E-state index in [-0.39, 0.29) is 11.2 Å². The van der Waals surface area contributed by atoms with E-state index in [0.29, 0.717) is 18.8 Å². The molecule has 1 N–H and O–H groups in total. The van der Waals surface area contributed by atoms with Gasteiger partial charge in [0.15, 0.2) is 0 Å². The standard InChI is InChI=1S/C12H16FNO/c1-12(2)8-14(7-11(12)15)10-6-4-3-5-9(10)13/h3-6,11,15H,7-8H2,1-2H3. The predicted octanol–water partition coefficient (Wildman–Crippen LogP) is 2.03. The van der Waals surface area contributed by atoms with E-state index < -0.39 is 6.10 Å². The number of hydrogen-bond acceptors (Lipinski definition) is 2. The highest BCUT2D eigenvalue weighted by atomic mass is 19.1. The van der Waals surface area contributed by atoms with Crippen molar-refractivity contribution in [2.75, 3.05) is 18.0 Å². The lowest BCUT2D eigenvalue weighted by molar-refractivity contribution is 0.0964. The third kappa shape index (κ3) is 1.84. The molecule has 1 aliphatic heterocycles. The van der Waals surface area contributed by atoms with Gasteiger partial charge in [-0.25, -0.2) is 4.39 Å². The second-order valence-corrected chi connectivity index (χ2v) is 4.84. The highest BCUT2D eigenvalue weighted by Crippen LogP contribution is 2.33. The maximum atomic E-state index is 13.5. The number of aliphatic hydroxyl groups excluding tert-OH is 1. The van der Waals surface area contributed by atoms with Gasteiger partial charge in [0.05, 0.1) is 11.8 Å². The third-order valence-corrected chi connectivity index (χ3v) is 3.09. The minimum Gasteiger partial charge on any atom is -0.391 e. The Bertz CT molecular complexity index is 364. The first-order valence-corrected chi connectivity index (χ1v) is 5.18. The van der Waals surface area contributed by atoms with Crippen LogP contribution >= 0.6 is 0 Å². The molecule has 0 radical (unpaired) electrons. The van der Waals surface area contributed by atoms with Crippen LogP contribution in [0.15, 0.2) is 24.3 Å². The Morgan fingerprint density at radius 3 is 2.60 bits per heavy atom. The van der Waals surface area contributed by atoms with Gasteiger partial charge in [0.25, 0.3) is 0 Å². The van der Waals surface area contributed by atoms with Crippen molar-refractivity contribution in [3.8, 4) is 0 Å². The molecule has 3 heteroatoms. The van der Waals surface area contributed by atoms with E-state index in [4.69, 9.17) is 0 Å². The zero-order valence-corrected chi connectivity index (χ0v) is 9.07. The predicted molar refractivity (Wildman–Crippen MR) is 58.4 cm³/mol. The van der Waals surface area contributed by atoms with E-state index in [1.165, 1.54) is 6.07 Å². The maximum Gasteiger partial charge on any atom is 0.146 e. The van der Waals surface area contributed by atoms with E-state index in [2.05, 4.69) is 0 Å². The van der Waals surface area contributed by atoms with Crippen LogP contribution < -0.4 is 4.90 Å². The normalized spacial score (nSPS) is 24.5. The van der Waals surface area contributed by atoms with Crippen LogP contribution in [0, 0.1) is 11.2 Å². The largest absolute Gasteiger partial charge is 0.391 e. The van der Waals surface area contributed by atoms with Gasteiger partial charge < -0.3 is 10.0 Å². The van der Waals surface area contributed by atoms with Crippen molar-refractivity contribution in [3.63, 3.8) is 0 Å². The molecule has 0 saturated carbocycles. The van der Waals surface area contributed by atoms with Crippen molar-refractivity contribution in [1.82, 2.24) is 0 Å². The molecule has 0 aliphatic carbocycles. The smallest absolute Gasteiger partial charge is 0.146 e. The number of aliphatic hydroxyl groups is 1. The molecule has 2 nitrogen and oxygen atoms in total. The molecule has 0 bridgehead atoms. The quantitative estimate of drug-likeness (QED) is 0.765. The van der Waals surface area contributed by atoms with Crippen LogP contribution in [0.4, 0.5) is 10.1 Å². The van der Waals surface area contributed by atoms with Crippen molar-refractivity contribution in [1.29, 1.82) is 0 Å². The van der Waals surface area contributed by atoms with Gasteiger partial charge in [0.2, 0.25) is 0 Å². The zero-order chi connectivity index (χ0) is 11.1. The molecule has 1 fully saturated rings. The highest BCUT2D eigenvalue weighted by molar-refractivity contribution is 5.49. The van der Waals surface area contributed by atoms with Crippen molar-refractivity contribution in [2.24, 2.45) is 5.41 Å². The van der Waals surface area contributed by atoms with Crippen LogP contribution in [0.5, 0.6) is 0 Å². The number of benzene rings is 1. The lowest BCUT2D eigenvalue weighted by Crippen LogP contribution is -2.26. The fourth-order valence-electron chi connectivity index (χ4n) is 2.01. The summed E-state index contributed by atoms with van der Waals surface area (Å²) in [6.07, 6.45) is -0.392. The fraction of sp³-hybridized carbons (Fsp3) is 0.500. The number of rotatable bonds is 1. The Hall–Kier alpha value is -1.09. The summed E-state index contributed by atoms with van der Waals surface area (Å²) in [6.45, 7) is 5.19. The minimum atomic E-state index is -0.392. The van der Waals surface area contributed by atoms with Crippen LogP contribution in [0.3, 0.4) is 0 Å². The molecule has 15 heavy (non-hydrogen) atoms. The molecule has 0 spiro atoms. The summed E-state index contributed by atoms with van der Waals surface area (Å²) in [6, 6.07) is 6.70. The van der Waals surface area contributed by atoms with Crippen LogP contribution in [0.2, 0.25) is 0 Å². The van der Waals surface area contributed by atoms with Crippen LogP contribution in [0.25, 0.3) is 0 Å². The molecule has 0 amide bonds. The van der Waals surface area contributed by atoms with E-state index in [9.17, 15) is 9.50 Å². The monoisotopic (exact) mass is 209 g/mol. The van der Waals surface area contributed by atoms with Gasteiger partial charge in [-0.15, -0.1) is 0 Å². The van der Waals surface area contributed by atoms with Crippen LogP contribution in [0.1, 0.15) is 13.8 Å². The van der Waals surface area contributed by atoms with Crippen molar-refractivity contribution < 1.29 is 9.50 Å². The number of anilines is 1. The van der Waals surface area contributed by atoms with Gasteiger partial charge in [0.1, 0.15) is 5.82 Å². The molecular weight excluding hydrogens is 193 g/mol. The molecule has 1 aliphatic rings. The van der Waals surface area contributed by atoms with Gasteiger partial charge >= 0.3 is 0 Å². The van der Waals surface area contributed by atoms with Crippen LogP contribution in [-0.2, 0) is 0 Å². The van der Waals surface area contributed by atoms with Crippen LogP contribution in [-0.4, -0.2) is 24.3 Å². The summed E-state index contributed by atoms with van der Waals surface area (Å²) >= 11 is 0. The Morgan fingerprint density at radius 1 is 1.40 bits per heavy atom. The number of β-amino-alcohol motifs (C(OH)–C–C–N with tert-alkyl or cyclic N) is 1. The fourth-order valence-corrected chi connectivity index (χ4v) is 2.01. The Balaban J connectivity index is 2.25. The molecule has 1 heterocycles. The van der Waals surface area contributed by atoms with E-state index in [0.717, 1.165) is 0 Å². The summed E-state index contributed by atoms with van der Waals surface area (Å²) in [5, 5.41) is 9.82. The third-order valence-electron chi connectivity index (χ3n) is 3.09. The first-order chi connectivity index (χ1) is 7.00. The lowest BCUT2D eigenvalue weighted by Gasteiger charge is -2.22. The van der Waals surface area contributed by atoms with Gasteiger partial charge in [-0.1, -0.05) is 26.0 Å². The summed E-state index contributed by atoms with van der Waals surface area (Å²) in [4.78, 5) is 1.90. The molecule has 1 aromatic rings. The van der Waals surface area contributed by atoms with Gasteiger partial charge in [-0.2, -0.15) is 0 Å². The van der Waals surface area contributed by atoms with Crippen molar-refractivity contribution in [2.45, 2.75) is 20.0 Å². The number of para-hydroxylation sites is 1. The van der Waals surface area contributed by atoms with E-state index in [1.54, 1.807) is 12.1 Å². The van der Waals surface area contributed by atoms with Crippen molar-refractivity contribution >= 4 is 5.69 Å². The molecule has 1 unspecified atom stereocenters. The summed E-state index contributed by atoms with van der Waals surface area (Å²) < 4.78 is 13.5. The minimum absolute atomic E-state index is 0.164. The molecular formula is C12H16FNO. The summed E-state index contributed by atoms with van der Waals surface area (Å²) in [7, 11) is 0. The molecule has 1 aromatic carbocycles. The molecule has 0 aromatic heterocycles. The number of halogens is 1. The second kappa shape index (κ2) is 3.49. The first kappa shape index (κ1) is 10.4. The highest BCUT2D eigenvalue weighted by Gasteiger charge is 2.38. The zero-order valence-electron chi connectivity index (χ0n) is 9.07. The van der Waals surface area contributed by atoms with Crippen molar-refractivity contribution in [3.05, 3.63) is 30.1 Å². The number of nitrogens with zero attached hydrogens (tertiary/aromatic N) is 1. The van der Waals surface area contributed by atoms with E-state index >= 15 is 0 Å². The SMILES string of the molecule is CC1(C)CN(c2ccccc2F)CC1O.